The summed E-state index contributed by atoms with van der Waals surface area (Å²) in [6, 6.07) is 3.52. The number of ketones is 2. The van der Waals surface area contributed by atoms with E-state index in [1.54, 1.807) is 43.1 Å². The molecule has 0 aromatic carbocycles. The summed E-state index contributed by atoms with van der Waals surface area (Å²) < 4.78 is 0.627. The van der Waals surface area contributed by atoms with Gasteiger partial charge in [-0.05, 0) is 28.1 Å². The molecule has 0 amide bonds. The average Bonchev–Trinajstić information content (AvgIpc) is 3.45. The van der Waals surface area contributed by atoms with Gasteiger partial charge in [0.25, 0.3) is 0 Å². The molecule has 5 heterocycles. The average molecular weight is 597 g/mol. The van der Waals surface area contributed by atoms with Crippen LogP contribution in [0.1, 0.15) is 62.3 Å². The predicted octanol–water partition coefficient (Wildman–Crippen LogP) is 6.85. The third kappa shape index (κ3) is 5.81. The van der Waals surface area contributed by atoms with Crippen LogP contribution in [0.2, 0.25) is 5.15 Å². The molecule has 5 rings (SSSR count). The summed E-state index contributed by atoms with van der Waals surface area (Å²) >= 11 is 9.17. The second-order valence-corrected chi connectivity index (χ2v) is 12.0. The number of H-pyrrole nitrogens is 2. The molecule has 2 N–H and O–H groups in total. The van der Waals surface area contributed by atoms with Gasteiger partial charge in [-0.1, -0.05) is 53.1 Å². The van der Waals surface area contributed by atoms with Gasteiger partial charge in [-0.15, -0.1) is 0 Å². The van der Waals surface area contributed by atoms with E-state index in [0.29, 0.717) is 48.9 Å². The van der Waals surface area contributed by atoms with Crippen molar-refractivity contribution in [2.24, 2.45) is 10.8 Å². The summed E-state index contributed by atoms with van der Waals surface area (Å²) in [6.45, 7) is 11.3. The Morgan fingerprint density at radius 2 is 1.34 bits per heavy atom. The first-order valence-electron chi connectivity index (χ1n) is 11.8. The fourth-order valence-electron chi connectivity index (χ4n) is 3.62. The quantitative estimate of drug-likeness (QED) is 0.172. The second-order valence-electron chi connectivity index (χ2n) is 10.8. The van der Waals surface area contributed by atoms with E-state index in [2.05, 4.69) is 50.8 Å². The van der Waals surface area contributed by atoms with E-state index < -0.39 is 10.8 Å². The van der Waals surface area contributed by atoms with Gasteiger partial charge in [0, 0.05) is 35.0 Å². The minimum absolute atomic E-state index is 0.0259. The van der Waals surface area contributed by atoms with Crippen molar-refractivity contribution in [3.8, 4) is 11.3 Å². The Bertz CT molecular complexity index is 1660. The summed E-state index contributed by atoms with van der Waals surface area (Å²) in [6.07, 6.45) is 8.20. The number of rotatable bonds is 3. The van der Waals surface area contributed by atoms with E-state index in [1.807, 2.05) is 41.5 Å². The van der Waals surface area contributed by atoms with Crippen LogP contribution in [-0.4, -0.2) is 46.5 Å². The van der Waals surface area contributed by atoms with E-state index in [9.17, 15) is 9.59 Å². The molecule has 0 saturated heterocycles. The molecule has 5 aromatic rings. The number of nitrogens with zero attached hydrogens (tertiary/aromatic N) is 5. The highest BCUT2D eigenvalue weighted by molar-refractivity contribution is 9.10. The van der Waals surface area contributed by atoms with Crippen LogP contribution in [0.3, 0.4) is 0 Å². The number of halogens is 2. The van der Waals surface area contributed by atoms with Crippen LogP contribution in [0.25, 0.3) is 33.6 Å². The van der Waals surface area contributed by atoms with Crippen LogP contribution in [0, 0.1) is 10.8 Å². The Hall–Kier alpha value is -3.50. The topological polar surface area (TPSA) is 130 Å². The lowest BCUT2D eigenvalue weighted by atomic mass is 9.87. The van der Waals surface area contributed by atoms with Gasteiger partial charge >= 0.3 is 0 Å². The first kappa shape index (κ1) is 27.5. The molecule has 0 bridgehead atoms. The maximum absolute atomic E-state index is 12.5. The van der Waals surface area contributed by atoms with Gasteiger partial charge in [0.2, 0.25) is 0 Å². The number of fused-ring (bicyclic) bond motifs is 2. The van der Waals surface area contributed by atoms with Gasteiger partial charge in [0.1, 0.15) is 20.8 Å². The summed E-state index contributed by atoms with van der Waals surface area (Å²) in [5.74, 6) is 0.0871. The highest BCUT2D eigenvalue weighted by atomic mass is 79.9. The third-order valence-electron chi connectivity index (χ3n) is 5.61. The smallest absolute Gasteiger partial charge is 0.171 e. The molecule has 0 aliphatic heterocycles. The molecule has 9 nitrogen and oxygen atoms in total. The van der Waals surface area contributed by atoms with Crippen molar-refractivity contribution in [1.82, 2.24) is 34.9 Å². The normalized spacial score (nSPS) is 11.9. The lowest BCUT2D eigenvalue weighted by molar-refractivity contribution is 0.0854. The van der Waals surface area contributed by atoms with E-state index in [4.69, 9.17) is 11.6 Å². The Morgan fingerprint density at radius 1 is 0.816 bits per heavy atom. The van der Waals surface area contributed by atoms with E-state index in [0.717, 1.165) is 5.56 Å². The standard InChI is InChI=1S/C16H15ClN4O.C11H12BrN3O/c1-16(2,3)14(22)10-7-19-15-13(10)21-11(8-20-15)9-4-5-18-12(17)6-9;1-11(2,3)9(16)6-4-13-10-8(6)15-7(12)5-14-10/h4-8H,1-3H3,(H,19,20);4-5H,1-3H3,(H,13,14). The SMILES string of the molecule is CC(C)(C)C(=O)c1c[nH]c2ncc(-c3ccnc(Cl)c3)nc12.CC(C)(C)C(=O)c1c[nH]c2ncc(Br)nc12. The highest BCUT2D eigenvalue weighted by Gasteiger charge is 2.27. The van der Waals surface area contributed by atoms with Crippen molar-refractivity contribution in [3.05, 3.63) is 64.0 Å². The number of hydrogen-bond acceptors (Lipinski definition) is 7. The fraction of sp³-hybridized carbons (Fsp3) is 0.296. The minimum Gasteiger partial charge on any atom is -0.344 e. The van der Waals surface area contributed by atoms with Crippen LogP contribution >= 0.6 is 27.5 Å². The summed E-state index contributed by atoms with van der Waals surface area (Å²) in [5, 5.41) is 0.388. The molecule has 11 heteroatoms. The lowest BCUT2D eigenvalue weighted by Crippen LogP contribution is -2.20. The van der Waals surface area contributed by atoms with Crippen LogP contribution in [0.4, 0.5) is 0 Å². The summed E-state index contributed by atoms with van der Waals surface area (Å²) in [5.41, 5.74) is 4.13. The van der Waals surface area contributed by atoms with Crippen molar-refractivity contribution in [1.29, 1.82) is 0 Å². The lowest BCUT2D eigenvalue weighted by Gasteiger charge is -2.15. The number of aromatic amines is 2. The second kappa shape index (κ2) is 10.3. The van der Waals surface area contributed by atoms with Crippen molar-refractivity contribution < 1.29 is 9.59 Å². The Morgan fingerprint density at radius 3 is 1.87 bits per heavy atom. The molecule has 0 spiro atoms. The zero-order chi connectivity index (χ0) is 27.8. The van der Waals surface area contributed by atoms with Gasteiger partial charge in [-0.25, -0.2) is 24.9 Å². The van der Waals surface area contributed by atoms with Crippen LogP contribution in [-0.2, 0) is 0 Å². The number of nitrogens with one attached hydrogen (secondary N) is 2. The van der Waals surface area contributed by atoms with Crippen molar-refractivity contribution in [2.45, 2.75) is 41.5 Å². The molecule has 0 radical (unpaired) electrons. The zero-order valence-corrected chi connectivity index (χ0v) is 24.2. The monoisotopic (exact) mass is 595 g/mol. The number of carbonyl (C=O) groups is 2. The van der Waals surface area contributed by atoms with E-state index in [-0.39, 0.29) is 11.6 Å². The predicted molar refractivity (Wildman–Crippen MR) is 151 cm³/mol. The Balaban J connectivity index is 0.000000186. The molecule has 0 aliphatic rings. The van der Waals surface area contributed by atoms with Crippen molar-refractivity contribution in [2.75, 3.05) is 0 Å². The molecular formula is C27H27BrClN7O2. The molecule has 196 valence electrons. The number of carbonyl (C=O) groups excluding carboxylic acids is 2. The molecule has 5 aromatic heterocycles. The molecule has 0 atom stereocenters. The third-order valence-corrected chi connectivity index (χ3v) is 6.20. The fourth-order valence-corrected chi connectivity index (χ4v) is 4.07. The van der Waals surface area contributed by atoms with Crippen LogP contribution < -0.4 is 0 Å². The molecular weight excluding hydrogens is 570 g/mol. The van der Waals surface area contributed by atoms with Gasteiger partial charge in [0.15, 0.2) is 22.9 Å². The van der Waals surface area contributed by atoms with Gasteiger partial charge in [0.05, 0.1) is 29.2 Å². The maximum Gasteiger partial charge on any atom is 0.171 e. The number of hydrogen-bond donors (Lipinski definition) is 2. The first-order chi connectivity index (χ1) is 17.8. The van der Waals surface area contributed by atoms with E-state index >= 15 is 0 Å². The zero-order valence-electron chi connectivity index (χ0n) is 21.8. The van der Waals surface area contributed by atoms with Crippen molar-refractivity contribution in [3.63, 3.8) is 0 Å². The van der Waals surface area contributed by atoms with Crippen molar-refractivity contribution >= 4 is 61.4 Å². The molecule has 0 unspecified atom stereocenters. The Labute approximate surface area is 233 Å². The minimum atomic E-state index is -0.479. The molecule has 0 saturated carbocycles. The number of aromatic nitrogens is 7. The summed E-state index contributed by atoms with van der Waals surface area (Å²) in [7, 11) is 0. The number of pyridine rings is 1. The Kier molecular flexibility index (Phi) is 7.49. The van der Waals surface area contributed by atoms with E-state index in [1.165, 1.54) is 0 Å². The highest BCUT2D eigenvalue weighted by Crippen LogP contribution is 2.28. The number of Topliss-reactive ketones (excluding diaryl/α,β-unsaturated/α-hetero) is 2. The molecule has 0 fully saturated rings. The molecule has 0 aliphatic carbocycles. The van der Waals surface area contributed by atoms with Gasteiger partial charge in [-0.2, -0.15) is 0 Å². The molecule has 38 heavy (non-hydrogen) atoms. The maximum atomic E-state index is 12.5. The largest absolute Gasteiger partial charge is 0.344 e. The van der Waals surface area contributed by atoms with Crippen LogP contribution in [0.15, 0.2) is 47.7 Å². The van der Waals surface area contributed by atoms with Crippen LogP contribution in [0.5, 0.6) is 0 Å². The van der Waals surface area contributed by atoms with Gasteiger partial charge < -0.3 is 9.97 Å². The summed E-state index contributed by atoms with van der Waals surface area (Å²) in [4.78, 5) is 51.9. The van der Waals surface area contributed by atoms with Gasteiger partial charge in [-0.3, -0.25) is 9.59 Å². The first-order valence-corrected chi connectivity index (χ1v) is 13.0.